The highest BCUT2D eigenvalue weighted by molar-refractivity contribution is 7.80. The second-order valence-corrected chi connectivity index (χ2v) is 6.32. The van der Waals surface area contributed by atoms with E-state index in [9.17, 15) is 0 Å². The zero-order chi connectivity index (χ0) is 17.5. The van der Waals surface area contributed by atoms with Crippen molar-refractivity contribution in [2.75, 3.05) is 10.6 Å². The lowest BCUT2D eigenvalue weighted by molar-refractivity contribution is 1.14. The van der Waals surface area contributed by atoms with Crippen LogP contribution in [0.1, 0.15) is 23.6 Å². The van der Waals surface area contributed by atoms with E-state index in [1.807, 2.05) is 18.2 Å². The Morgan fingerprint density at radius 3 is 1.88 bits per heavy atom. The average Bonchev–Trinajstić information content (AvgIpc) is 2.64. The molecule has 0 saturated carbocycles. The minimum Gasteiger partial charge on any atom is -0.332 e. The third-order valence-corrected chi connectivity index (χ3v) is 4.35. The van der Waals surface area contributed by atoms with Crippen molar-refractivity contribution in [1.29, 1.82) is 0 Å². The van der Waals surface area contributed by atoms with Crippen LogP contribution in [-0.2, 0) is 12.8 Å². The maximum absolute atomic E-state index is 5.53. The predicted molar refractivity (Wildman–Crippen MR) is 111 cm³/mol. The highest BCUT2D eigenvalue weighted by Gasteiger charge is 2.06. The van der Waals surface area contributed by atoms with E-state index in [0.29, 0.717) is 5.11 Å². The van der Waals surface area contributed by atoms with Gasteiger partial charge in [0.05, 0.1) is 0 Å². The fraction of sp³-hybridized carbons (Fsp3) is 0.136. The Hall–Kier alpha value is -2.65. The summed E-state index contributed by atoms with van der Waals surface area (Å²) in [5.74, 6) is 0. The molecule has 3 aromatic carbocycles. The molecule has 0 fully saturated rings. The summed E-state index contributed by atoms with van der Waals surface area (Å²) < 4.78 is 0. The van der Waals surface area contributed by atoms with Crippen molar-refractivity contribution in [2.24, 2.45) is 0 Å². The van der Waals surface area contributed by atoms with Crippen LogP contribution in [0.25, 0.3) is 0 Å². The summed E-state index contributed by atoms with van der Waals surface area (Å²) in [7, 11) is 0. The van der Waals surface area contributed by atoms with Crippen LogP contribution in [0.2, 0.25) is 0 Å². The number of thiocarbonyl (C=S) groups is 1. The summed E-state index contributed by atoms with van der Waals surface area (Å²) in [6.07, 6.45) is 1.84. The molecule has 0 aliphatic heterocycles. The summed E-state index contributed by atoms with van der Waals surface area (Å²) in [5.41, 5.74) is 5.86. The standard InChI is InChI=1S/C22H22N2S/c1-2-18-12-6-8-14-20(18)23-22(25)24-21-15-9-7-13-19(21)16-17-10-4-3-5-11-17/h3-15H,2,16H2,1H3,(H2,23,24,25). The number of aryl methyl sites for hydroxylation is 1. The van der Waals surface area contributed by atoms with E-state index < -0.39 is 0 Å². The minimum atomic E-state index is 0.612. The molecule has 0 heterocycles. The van der Waals surface area contributed by atoms with Crippen LogP contribution < -0.4 is 10.6 Å². The number of nitrogens with one attached hydrogen (secondary N) is 2. The molecular formula is C22H22N2S. The first kappa shape index (κ1) is 17.2. The number of benzene rings is 3. The third kappa shape index (κ3) is 4.68. The predicted octanol–water partition coefficient (Wildman–Crippen LogP) is 5.65. The molecule has 0 bridgehead atoms. The van der Waals surface area contributed by atoms with E-state index in [0.717, 1.165) is 24.2 Å². The number of anilines is 2. The van der Waals surface area contributed by atoms with Crippen LogP contribution in [-0.4, -0.2) is 5.11 Å². The molecule has 0 atom stereocenters. The second kappa shape index (κ2) is 8.45. The van der Waals surface area contributed by atoms with Crippen molar-refractivity contribution in [2.45, 2.75) is 19.8 Å². The van der Waals surface area contributed by atoms with Crippen molar-refractivity contribution >= 4 is 28.7 Å². The van der Waals surface area contributed by atoms with Crippen LogP contribution in [0, 0.1) is 0 Å². The van der Waals surface area contributed by atoms with Crippen molar-refractivity contribution in [1.82, 2.24) is 0 Å². The largest absolute Gasteiger partial charge is 0.332 e. The van der Waals surface area contributed by atoms with E-state index in [2.05, 4.69) is 78.2 Å². The Bertz CT molecular complexity index is 843. The molecule has 3 rings (SSSR count). The van der Waals surface area contributed by atoms with E-state index in [4.69, 9.17) is 12.2 Å². The van der Waals surface area contributed by atoms with Gasteiger partial charge in [0.25, 0.3) is 0 Å². The molecule has 0 unspecified atom stereocenters. The Kier molecular flexibility index (Phi) is 5.81. The molecule has 3 heteroatoms. The highest BCUT2D eigenvalue weighted by atomic mass is 32.1. The first-order chi connectivity index (χ1) is 12.3. The quantitative estimate of drug-likeness (QED) is 0.584. The van der Waals surface area contributed by atoms with Crippen molar-refractivity contribution in [3.05, 3.63) is 95.6 Å². The molecule has 3 aromatic rings. The molecular weight excluding hydrogens is 324 g/mol. The van der Waals surface area contributed by atoms with E-state index in [-0.39, 0.29) is 0 Å². The molecule has 0 spiro atoms. The monoisotopic (exact) mass is 346 g/mol. The summed E-state index contributed by atoms with van der Waals surface area (Å²) >= 11 is 5.53. The van der Waals surface area contributed by atoms with Gasteiger partial charge in [0.15, 0.2) is 5.11 Å². The Morgan fingerprint density at radius 1 is 0.720 bits per heavy atom. The van der Waals surface area contributed by atoms with Crippen LogP contribution in [0.15, 0.2) is 78.9 Å². The molecule has 0 amide bonds. The molecule has 0 saturated heterocycles. The fourth-order valence-electron chi connectivity index (χ4n) is 2.84. The van der Waals surface area contributed by atoms with Gasteiger partial charge in [0.1, 0.15) is 0 Å². The van der Waals surface area contributed by atoms with E-state index in [1.54, 1.807) is 0 Å². The number of rotatable bonds is 5. The maximum Gasteiger partial charge on any atom is 0.175 e. The molecule has 0 aliphatic carbocycles. The normalized spacial score (nSPS) is 10.3. The van der Waals surface area contributed by atoms with Gasteiger partial charge in [0.2, 0.25) is 0 Å². The fourth-order valence-corrected chi connectivity index (χ4v) is 3.06. The summed E-state index contributed by atoms with van der Waals surface area (Å²) in [5, 5.41) is 7.28. The Balaban J connectivity index is 1.73. The second-order valence-electron chi connectivity index (χ2n) is 5.91. The van der Waals surface area contributed by atoms with Gasteiger partial charge in [-0.3, -0.25) is 0 Å². The van der Waals surface area contributed by atoms with Crippen molar-refractivity contribution in [3.63, 3.8) is 0 Å². The molecule has 0 aliphatic rings. The van der Waals surface area contributed by atoms with Crippen LogP contribution in [0.3, 0.4) is 0 Å². The minimum absolute atomic E-state index is 0.612. The lowest BCUT2D eigenvalue weighted by atomic mass is 10.0. The number of para-hydroxylation sites is 2. The first-order valence-electron chi connectivity index (χ1n) is 8.54. The van der Waals surface area contributed by atoms with Gasteiger partial charge in [0, 0.05) is 11.4 Å². The van der Waals surface area contributed by atoms with Crippen molar-refractivity contribution < 1.29 is 0 Å². The van der Waals surface area contributed by atoms with Crippen LogP contribution >= 0.6 is 12.2 Å². The van der Waals surface area contributed by atoms with Gasteiger partial charge < -0.3 is 10.6 Å². The SMILES string of the molecule is CCc1ccccc1NC(=S)Nc1ccccc1Cc1ccccc1. The summed E-state index contributed by atoms with van der Waals surface area (Å²) in [4.78, 5) is 0. The average molecular weight is 346 g/mol. The summed E-state index contributed by atoms with van der Waals surface area (Å²) in [6, 6.07) is 27.0. The zero-order valence-corrected chi connectivity index (χ0v) is 15.1. The molecule has 126 valence electrons. The smallest absolute Gasteiger partial charge is 0.175 e. The van der Waals surface area contributed by atoms with Gasteiger partial charge >= 0.3 is 0 Å². The number of hydrogen-bond donors (Lipinski definition) is 2. The van der Waals surface area contributed by atoms with Crippen molar-refractivity contribution in [3.8, 4) is 0 Å². The number of hydrogen-bond acceptors (Lipinski definition) is 1. The third-order valence-electron chi connectivity index (χ3n) is 4.15. The van der Waals surface area contributed by atoms with Gasteiger partial charge in [-0.25, -0.2) is 0 Å². The topological polar surface area (TPSA) is 24.1 Å². The Morgan fingerprint density at radius 2 is 1.24 bits per heavy atom. The molecule has 25 heavy (non-hydrogen) atoms. The maximum atomic E-state index is 5.53. The summed E-state index contributed by atoms with van der Waals surface area (Å²) in [6.45, 7) is 2.14. The van der Waals surface area contributed by atoms with Gasteiger partial charge in [-0.05, 0) is 53.9 Å². The lowest BCUT2D eigenvalue weighted by Crippen LogP contribution is -2.20. The lowest BCUT2D eigenvalue weighted by Gasteiger charge is -2.16. The van der Waals surface area contributed by atoms with Gasteiger partial charge in [-0.2, -0.15) is 0 Å². The van der Waals surface area contributed by atoms with Gasteiger partial charge in [-0.1, -0.05) is 73.7 Å². The molecule has 0 aromatic heterocycles. The first-order valence-corrected chi connectivity index (χ1v) is 8.95. The molecule has 2 N–H and O–H groups in total. The zero-order valence-electron chi connectivity index (χ0n) is 14.3. The highest BCUT2D eigenvalue weighted by Crippen LogP contribution is 2.20. The van der Waals surface area contributed by atoms with Crippen LogP contribution in [0.5, 0.6) is 0 Å². The van der Waals surface area contributed by atoms with Crippen LogP contribution in [0.4, 0.5) is 11.4 Å². The molecule has 0 radical (unpaired) electrons. The van der Waals surface area contributed by atoms with E-state index >= 15 is 0 Å². The Labute approximate surface area is 154 Å². The van der Waals surface area contributed by atoms with E-state index in [1.165, 1.54) is 16.7 Å². The van der Waals surface area contributed by atoms with Gasteiger partial charge in [-0.15, -0.1) is 0 Å². The molecule has 2 nitrogen and oxygen atoms in total.